The minimum Gasteiger partial charge on any atom is -0.481 e. The second kappa shape index (κ2) is 5.14. The van der Waals surface area contributed by atoms with Gasteiger partial charge in [-0.25, -0.2) is 0 Å². The molecule has 0 aromatic heterocycles. The summed E-state index contributed by atoms with van der Waals surface area (Å²) in [5.74, 6) is 0.858. The molecule has 0 aromatic carbocycles. The summed E-state index contributed by atoms with van der Waals surface area (Å²) in [5, 5.41) is 12.2. The van der Waals surface area contributed by atoms with E-state index in [0.717, 1.165) is 18.8 Å². The van der Waals surface area contributed by atoms with Crippen molar-refractivity contribution < 1.29 is 14.7 Å². The Morgan fingerprint density at radius 3 is 2.11 bits per heavy atom. The van der Waals surface area contributed by atoms with Crippen molar-refractivity contribution in [3.05, 3.63) is 0 Å². The largest absolute Gasteiger partial charge is 0.481 e. The molecule has 2 bridgehead atoms. The highest BCUT2D eigenvalue weighted by molar-refractivity contribution is 5.79. The summed E-state index contributed by atoms with van der Waals surface area (Å²) in [4.78, 5) is 23.1. The lowest BCUT2D eigenvalue weighted by molar-refractivity contribution is -0.144. The molecule has 19 heavy (non-hydrogen) atoms. The standard InChI is InChI=1S/C15H23NO3/c17-14(10-3-5-11(6-4-10)15(18)19)16-13-8-9-1-2-12(13)7-9/h9-13H,1-8H2,(H,16,17)(H,18,19). The molecule has 4 nitrogen and oxygen atoms in total. The van der Waals surface area contributed by atoms with Gasteiger partial charge in [0.25, 0.3) is 0 Å². The Balaban J connectivity index is 1.48. The number of fused-ring (bicyclic) bond motifs is 2. The molecular weight excluding hydrogens is 242 g/mol. The first-order chi connectivity index (χ1) is 9.13. The summed E-state index contributed by atoms with van der Waals surface area (Å²) in [6.07, 6.45) is 7.89. The zero-order valence-electron chi connectivity index (χ0n) is 11.3. The molecule has 3 fully saturated rings. The predicted octanol–water partition coefficient (Wildman–Crippen LogP) is 2.18. The van der Waals surface area contributed by atoms with E-state index in [1.165, 1.54) is 25.7 Å². The van der Waals surface area contributed by atoms with Gasteiger partial charge in [0, 0.05) is 12.0 Å². The van der Waals surface area contributed by atoms with Crippen LogP contribution in [0.2, 0.25) is 0 Å². The van der Waals surface area contributed by atoms with Crippen LogP contribution in [0.15, 0.2) is 0 Å². The number of rotatable bonds is 3. The maximum atomic E-state index is 12.2. The molecule has 0 spiro atoms. The molecule has 0 aliphatic heterocycles. The molecule has 3 atom stereocenters. The normalized spacial score (nSPS) is 41.2. The van der Waals surface area contributed by atoms with E-state index in [4.69, 9.17) is 5.11 Å². The molecule has 0 saturated heterocycles. The highest BCUT2D eigenvalue weighted by atomic mass is 16.4. The van der Waals surface area contributed by atoms with Gasteiger partial charge in [-0.3, -0.25) is 9.59 Å². The quantitative estimate of drug-likeness (QED) is 0.822. The number of amides is 1. The minimum atomic E-state index is -0.702. The smallest absolute Gasteiger partial charge is 0.306 e. The van der Waals surface area contributed by atoms with Crippen LogP contribution >= 0.6 is 0 Å². The van der Waals surface area contributed by atoms with Crippen molar-refractivity contribution in [2.75, 3.05) is 0 Å². The fourth-order valence-electron chi connectivity index (χ4n) is 4.32. The van der Waals surface area contributed by atoms with Gasteiger partial charge in [0.1, 0.15) is 0 Å². The molecule has 106 valence electrons. The Hall–Kier alpha value is -1.06. The average Bonchev–Trinajstić information content (AvgIpc) is 3.01. The lowest BCUT2D eigenvalue weighted by Crippen LogP contribution is -2.42. The third-order valence-corrected chi connectivity index (χ3v) is 5.51. The molecule has 3 rings (SSSR count). The van der Waals surface area contributed by atoms with Gasteiger partial charge in [-0.2, -0.15) is 0 Å². The van der Waals surface area contributed by atoms with E-state index in [1.807, 2.05) is 0 Å². The van der Waals surface area contributed by atoms with Crippen LogP contribution in [0.4, 0.5) is 0 Å². The van der Waals surface area contributed by atoms with E-state index in [0.29, 0.717) is 24.8 Å². The van der Waals surface area contributed by atoms with Crippen LogP contribution in [-0.4, -0.2) is 23.0 Å². The Kier molecular flexibility index (Phi) is 3.50. The SMILES string of the molecule is O=C(O)C1CCC(C(=O)NC2CC3CCC2C3)CC1. The van der Waals surface area contributed by atoms with Crippen molar-refractivity contribution in [3.8, 4) is 0 Å². The van der Waals surface area contributed by atoms with Crippen LogP contribution in [0, 0.1) is 23.7 Å². The van der Waals surface area contributed by atoms with Gasteiger partial charge < -0.3 is 10.4 Å². The first-order valence-corrected chi connectivity index (χ1v) is 7.66. The zero-order valence-corrected chi connectivity index (χ0v) is 11.3. The van der Waals surface area contributed by atoms with E-state index >= 15 is 0 Å². The molecule has 0 heterocycles. The van der Waals surface area contributed by atoms with Gasteiger partial charge in [0.15, 0.2) is 0 Å². The summed E-state index contributed by atoms with van der Waals surface area (Å²) in [6, 6.07) is 0.406. The van der Waals surface area contributed by atoms with Crippen LogP contribution in [0.25, 0.3) is 0 Å². The molecule has 3 aliphatic rings. The number of carboxylic acids is 1. The van der Waals surface area contributed by atoms with Gasteiger partial charge in [-0.15, -0.1) is 0 Å². The summed E-state index contributed by atoms with van der Waals surface area (Å²) in [5.41, 5.74) is 0. The second-order valence-electron chi connectivity index (χ2n) is 6.68. The topological polar surface area (TPSA) is 66.4 Å². The third-order valence-electron chi connectivity index (χ3n) is 5.51. The van der Waals surface area contributed by atoms with E-state index in [9.17, 15) is 9.59 Å². The van der Waals surface area contributed by atoms with Crippen LogP contribution in [-0.2, 0) is 9.59 Å². The van der Waals surface area contributed by atoms with Crippen LogP contribution < -0.4 is 5.32 Å². The van der Waals surface area contributed by atoms with Gasteiger partial charge in [0.2, 0.25) is 5.91 Å². The maximum Gasteiger partial charge on any atom is 0.306 e. The number of carboxylic acid groups (broad SMARTS) is 1. The number of nitrogens with one attached hydrogen (secondary N) is 1. The fraction of sp³-hybridized carbons (Fsp3) is 0.867. The van der Waals surface area contributed by atoms with E-state index in [2.05, 4.69) is 5.32 Å². The Bertz CT molecular complexity index is 374. The molecule has 0 aromatic rings. The Labute approximate surface area is 113 Å². The first-order valence-electron chi connectivity index (χ1n) is 7.66. The van der Waals surface area contributed by atoms with Gasteiger partial charge in [-0.05, 0) is 56.8 Å². The number of carbonyl (C=O) groups excluding carboxylic acids is 1. The first kappa shape index (κ1) is 12.9. The van der Waals surface area contributed by atoms with Crippen LogP contribution in [0.1, 0.15) is 51.4 Å². The van der Waals surface area contributed by atoms with E-state index in [1.54, 1.807) is 0 Å². The number of carbonyl (C=O) groups is 2. The summed E-state index contributed by atoms with van der Waals surface area (Å²) in [6.45, 7) is 0. The highest BCUT2D eigenvalue weighted by Gasteiger charge is 2.41. The maximum absolute atomic E-state index is 12.2. The van der Waals surface area contributed by atoms with Gasteiger partial charge in [-0.1, -0.05) is 6.42 Å². The van der Waals surface area contributed by atoms with Crippen LogP contribution in [0.5, 0.6) is 0 Å². The second-order valence-corrected chi connectivity index (χ2v) is 6.68. The molecule has 3 aliphatic carbocycles. The molecule has 3 saturated carbocycles. The molecule has 3 unspecified atom stereocenters. The Morgan fingerprint density at radius 1 is 0.895 bits per heavy atom. The van der Waals surface area contributed by atoms with Crippen molar-refractivity contribution in [3.63, 3.8) is 0 Å². The molecule has 4 heteroatoms. The minimum absolute atomic E-state index is 0.0507. The van der Waals surface area contributed by atoms with Crippen molar-refractivity contribution in [2.45, 2.75) is 57.4 Å². The predicted molar refractivity (Wildman–Crippen MR) is 70.5 cm³/mol. The number of aliphatic carboxylic acids is 1. The van der Waals surface area contributed by atoms with Gasteiger partial charge >= 0.3 is 5.97 Å². The summed E-state index contributed by atoms with van der Waals surface area (Å²) >= 11 is 0. The lowest BCUT2D eigenvalue weighted by atomic mass is 9.81. The molecule has 2 N–H and O–H groups in total. The number of hydrogen-bond donors (Lipinski definition) is 2. The van der Waals surface area contributed by atoms with Gasteiger partial charge in [0.05, 0.1) is 5.92 Å². The molecular formula is C15H23NO3. The van der Waals surface area contributed by atoms with Crippen molar-refractivity contribution in [1.29, 1.82) is 0 Å². The molecule has 0 radical (unpaired) electrons. The lowest BCUT2D eigenvalue weighted by Gasteiger charge is -2.29. The number of hydrogen-bond acceptors (Lipinski definition) is 2. The van der Waals surface area contributed by atoms with Crippen LogP contribution in [0.3, 0.4) is 0 Å². The average molecular weight is 265 g/mol. The molecule has 1 amide bonds. The van der Waals surface area contributed by atoms with Crippen molar-refractivity contribution in [1.82, 2.24) is 5.32 Å². The summed E-state index contributed by atoms with van der Waals surface area (Å²) < 4.78 is 0. The monoisotopic (exact) mass is 265 g/mol. The van der Waals surface area contributed by atoms with Crippen molar-refractivity contribution in [2.24, 2.45) is 23.7 Å². The fourth-order valence-corrected chi connectivity index (χ4v) is 4.32. The zero-order chi connectivity index (χ0) is 13.4. The highest BCUT2D eigenvalue weighted by Crippen LogP contribution is 2.44. The van der Waals surface area contributed by atoms with E-state index in [-0.39, 0.29) is 17.7 Å². The van der Waals surface area contributed by atoms with E-state index < -0.39 is 5.97 Å². The summed E-state index contributed by atoms with van der Waals surface area (Å²) in [7, 11) is 0. The Morgan fingerprint density at radius 2 is 1.58 bits per heavy atom. The van der Waals surface area contributed by atoms with Crippen molar-refractivity contribution >= 4 is 11.9 Å². The third kappa shape index (κ3) is 2.63.